The minimum Gasteiger partial charge on any atom is -0.482 e. The molecule has 1 aliphatic heterocycles. The molecule has 0 aliphatic carbocycles. The molecule has 0 saturated heterocycles. The number of benzene rings is 3. The molecular formula is C25H25N3O5S. The topological polar surface area (TPSA) is 105 Å². The van der Waals surface area contributed by atoms with Gasteiger partial charge in [0.1, 0.15) is 5.75 Å². The molecule has 3 aromatic carbocycles. The van der Waals surface area contributed by atoms with E-state index in [4.69, 9.17) is 4.74 Å². The van der Waals surface area contributed by atoms with E-state index in [1.165, 1.54) is 17.0 Å². The van der Waals surface area contributed by atoms with Crippen LogP contribution in [-0.2, 0) is 19.6 Å². The third kappa shape index (κ3) is 5.20. The summed E-state index contributed by atoms with van der Waals surface area (Å²) >= 11 is 0. The van der Waals surface area contributed by atoms with Crippen LogP contribution < -0.4 is 19.7 Å². The van der Waals surface area contributed by atoms with Crippen LogP contribution in [0.25, 0.3) is 0 Å². The Morgan fingerprint density at radius 1 is 1.03 bits per heavy atom. The predicted octanol–water partition coefficient (Wildman–Crippen LogP) is 3.86. The maximum absolute atomic E-state index is 12.9. The zero-order valence-electron chi connectivity index (χ0n) is 18.9. The van der Waals surface area contributed by atoms with E-state index in [2.05, 4.69) is 10.0 Å². The molecular weight excluding hydrogens is 454 g/mol. The van der Waals surface area contributed by atoms with E-state index < -0.39 is 10.0 Å². The smallest absolute Gasteiger partial charge is 0.265 e. The van der Waals surface area contributed by atoms with Crippen molar-refractivity contribution in [1.82, 2.24) is 0 Å². The molecule has 0 atom stereocenters. The highest BCUT2D eigenvalue weighted by Gasteiger charge is 2.25. The predicted molar refractivity (Wildman–Crippen MR) is 131 cm³/mol. The fourth-order valence-electron chi connectivity index (χ4n) is 3.65. The third-order valence-electron chi connectivity index (χ3n) is 5.43. The summed E-state index contributed by atoms with van der Waals surface area (Å²) in [6.45, 7) is 3.75. The lowest BCUT2D eigenvalue weighted by molar-refractivity contribution is -0.121. The molecule has 0 spiro atoms. The van der Waals surface area contributed by atoms with Gasteiger partial charge in [-0.1, -0.05) is 30.3 Å². The first-order valence-electron chi connectivity index (χ1n) is 10.7. The molecule has 2 amide bonds. The Balaban J connectivity index is 1.45. The van der Waals surface area contributed by atoms with Crippen LogP contribution in [0, 0.1) is 13.8 Å². The molecule has 3 aromatic rings. The van der Waals surface area contributed by atoms with Crippen molar-refractivity contribution in [3.8, 4) is 5.75 Å². The van der Waals surface area contributed by atoms with Crippen molar-refractivity contribution in [2.24, 2.45) is 0 Å². The fourth-order valence-corrected chi connectivity index (χ4v) is 4.73. The first-order chi connectivity index (χ1) is 16.2. The van der Waals surface area contributed by atoms with E-state index in [1.807, 2.05) is 19.1 Å². The number of para-hydroxylation sites is 2. The van der Waals surface area contributed by atoms with Crippen LogP contribution in [0.3, 0.4) is 0 Å². The van der Waals surface area contributed by atoms with Crippen LogP contribution in [0.2, 0.25) is 0 Å². The van der Waals surface area contributed by atoms with E-state index in [9.17, 15) is 18.0 Å². The lowest BCUT2D eigenvalue weighted by Gasteiger charge is -2.29. The number of nitrogens with one attached hydrogen (secondary N) is 2. The second kappa shape index (κ2) is 9.56. The number of amides is 2. The van der Waals surface area contributed by atoms with Crippen molar-refractivity contribution >= 4 is 38.9 Å². The Bertz CT molecular complexity index is 1350. The number of rotatable bonds is 7. The largest absolute Gasteiger partial charge is 0.482 e. The molecule has 4 rings (SSSR count). The molecule has 34 heavy (non-hydrogen) atoms. The highest BCUT2D eigenvalue weighted by Crippen LogP contribution is 2.31. The third-order valence-corrected chi connectivity index (χ3v) is 6.81. The average molecular weight is 480 g/mol. The minimum absolute atomic E-state index is 0.0344. The SMILES string of the molecule is Cc1cccc(NS(=O)(=O)c2ccc(C)c(NC(=O)CCN3C(=O)COc4ccccc43)c2)c1. The number of sulfonamides is 1. The number of anilines is 3. The lowest BCUT2D eigenvalue weighted by Crippen LogP contribution is -2.40. The van der Waals surface area contributed by atoms with Crippen LogP contribution >= 0.6 is 0 Å². The standard InChI is InChI=1S/C25H25N3O5S/c1-17-6-5-7-19(14-17)27-34(31,32)20-11-10-18(2)21(15-20)26-24(29)12-13-28-22-8-3-4-9-23(22)33-16-25(28)30/h3-11,14-15,27H,12-13,16H2,1-2H3,(H,26,29). The number of fused-ring (bicyclic) bond motifs is 1. The van der Waals surface area contributed by atoms with Crippen molar-refractivity contribution in [2.45, 2.75) is 25.2 Å². The summed E-state index contributed by atoms with van der Waals surface area (Å²) in [5, 5.41) is 2.77. The van der Waals surface area contributed by atoms with Crippen LogP contribution in [0.15, 0.2) is 71.6 Å². The Morgan fingerprint density at radius 2 is 1.82 bits per heavy atom. The molecule has 1 aliphatic rings. The van der Waals surface area contributed by atoms with Gasteiger partial charge in [0, 0.05) is 24.3 Å². The Labute approximate surface area is 198 Å². The summed E-state index contributed by atoms with van der Waals surface area (Å²) in [7, 11) is -3.84. The number of nitrogens with zero attached hydrogens (tertiary/aromatic N) is 1. The number of hydrogen-bond acceptors (Lipinski definition) is 5. The van der Waals surface area contributed by atoms with Gasteiger partial charge < -0.3 is 15.0 Å². The maximum atomic E-state index is 12.9. The van der Waals surface area contributed by atoms with Crippen LogP contribution in [0.1, 0.15) is 17.5 Å². The zero-order chi connectivity index (χ0) is 24.3. The number of carbonyl (C=O) groups is 2. The van der Waals surface area contributed by atoms with Crippen molar-refractivity contribution in [2.75, 3.05) is 28.1 Å². The molecule has 0 radical (unpaired) electrons. The summed E-state index contributed by atoms with van der Waals surface area (Å²) in [6, 6.07) is 18.8. The van der Waals surface area contributed by atoms with E-state index in [-0.39, 0.29) is 36.3 Å². The molecule has 1 heterocycles. The summed E-state index contributed by atoms with van der Waals surface area (Å²) in [6.07, 6.45) is 0.0397. The quantitative estimate of drug-likeness (QED) is 0.536. The molecule has 0 aromatic heterocycles. The van der Waals surface area contributed by atoms with Crippen molar-refractivity contribution < 1.29 is 22.7 Å². The van der Waals surface area contributed by atoms with Gasteiger partial charge in [0.2, 0.25) is 5.91 Å². The number of ether oxygens (including phenoxy) is 1. The fraction of sp³-hybridized carbons (Fsp3) is 0.200. The molecule has 0 saturated carbocycles. The molecule has 9 heteroatoms. The van der Waals surface area contributed by atoms with Gasteiger partial charge in [-0.25, -0.2) is 8.42 Å². The summed E-state index contributed by atoms with van der Waals surface area (Å²) in [4.78, 5) is 26.5. The average Bonchev–Trinajstić information content (AvgIpc) is 2.79. The van der Waals surface area contributed by atoms with Gasteiger partial charge in [-0.3, -0.25) is 14.3 Å². The highest BCUT2D eigenvalue weighted by molar-refractivity contribution is 7.92. The van der Waals surface area contributed by atoms with E-state index in [0.29, 0.717) is 22.8 Å². The Hall–Kier alpha value is -3.85. The number of carbonyl (C=O) groups excluding carboxylic acids is 2. The number of hydrogen-bond donors (Lipinski definition) is 2. The van der Waals surface area contributed by atoms with Gasteiger partial charge in [0.15, 0.2) is 6.61 Å². The van der Waals surface area contributed by atoms with Crippen molar-refractivity contribution in [3.63, 3.8) is 0 Å². The maximum Gasteiger partial charge on any atom is 0.265 e. The lowest BCUT2D eigenvalue weighted by atomic mass is 10.2. The van der Waals surface area contributed by atoms with Gasteiger partial charge in [-0.2, -0.15) is 0 Å². The second-order valence-corrected chi connectivity index (χ2v) is 9.73. The minimum atomic E-state index is -3.84. The molecule has 0 fully saturated rings. The van der Waals surface area contributed by atoms with E-state index in [1.54, 1.807) is 49.4 Å². The summed E-state index contributed by atoms with van der Waals surface area (Å²) < 4.78 is 33.7. The molecule has 176 valence electrons. The first kappa shape index (κ1) is 23.3. The molecule has 0 bridgehead atoms. The highest BCUT2D eigenvalue weighted by atomic mass is 32.2. The normalized spacial score (nSPS) is 13.1. The Kier molecular flexibility index (Phi) is 6.56. The van der Waals surface area contributed by atoms with Gasteiger partial charge in [-0.15, -0.1) is 0 Å². The van der Waals surface area contributed by atoms with Gasteiger partial charge >= 0.3 is 0 Å². The van der Waals surface area contributed by atoms with Gasteiger partial charge in [0.25, 0.3) is 15.9 Å². The van der Waals surface area contributed by atoms with Crippen molar-refractivity contribution in [1.29, 1.82) is 0 Å². The zero-order valence-corrected chi connectivity index (χ0v) is 19.7. The van der Waals surface area contributed by atoms with Gasteiger partial charge in [-0.05, 0) is 61.4 Å². The van der Waals surface area contributed by atoms with Gasteiger partial charge in [0.05, 0.1) is 10.6 Å². The number of aryl methyl sites for hydroxylation is 2. The summed E-state index contributed by atoms with van der Waals surface area (Å²) in [5.41, 5.74) is 3.12. The monoisotopic (exact) mass is 479 g/mol. The van der Waals surface area contributed by atoms with E-state index in [0.717, 1.165) is 11.1 Å². The second-order valence-electron chi connectivity index (χ2n) is 8.05. The van der Waals surface area contributed by atoms with Crippen LogP contribution in [0.4, 0.5) is 17.1 Å². The Morgan fingerprint density at radius 3 is 2.62 bits per heavy atom. The first-order valence-corrected chi connectivity index (χ1v) is 12.2. The molecule has 8 nitrogen and oxygen atoms in total. The molecule has 0 unspecified atom stereocenters. The van der Waals surface area contributed by atoms with Crippen LogP contribution in [0.5, 0.6) is 5.75 Å². The molecule has 2 N–H and O–H groups in total. The van der Waals surface area contributed by atoms with E-state index >= 15 is 0 Å². The van der Waals surface area contributed by atoms with Crippen LogP contribution in [-0.4, -0.2) is 33.4 Å². The summed E-state index contributed by atoms with van der Waals surface area (Å²) in [5.74, 6) is 0.0384. The van der Waals surface area contributed by atoms with Crippen molar-refractivity contribution in [3.05, 3.63) is 77.9 Å².